The second kappa shape index (κ2) is 16.0. The lowest BCUT2D eigenvalue weighted by molar-refractivity contribution is -0.384. The van der Waals surface area contributed by atoms with Crippen LogP contribution in [0.25, 0.3) is 0 Å². The van der Waals surface area contributed by atoms with Crippen LogP contribution >= 0.6 is 0 Å². The van der Waals surface area contributed by atoms with Gasteiger partial charge in [0, 0.05) is 44.1 Å². The predicted octanol–water partition coefficient (Wildman–Crippen LogP) is 4.50. The van der Waals surface area contributed by atoms with E-state index in [2.05, 4.69) is 29.0 Å². The first-order valence-electron chi connectivity index (χ1n) is 13.1. The van der Waals surface area contributed by atoms with Crippen molar-refractivity contribution in [3.8, 4) is 5.75 Å². The van der Waals surface area contributed by atoms with Crippen molar-refractivity contribution in [1.29, 1.82) is 0 Å². The Kier molecular flexibility index (Phi) is 13.1. The summed E-state index contributed by atoms with van der Waals surface area (Å²) >= 11 is 0. The third kappa shape index (κ3) is 11.1. The highest BCUT2D eigenvalue weighted by atomic mass is 32.2. The van der Waals surface area contributed by atoms with Gasteiger partial charge in [-0.05, 0) is 42.7 Å². The number of alkyl halides is 3. The molecule has 1 heterocycles. The summed E-state index contributed by atoms with van der Waals surface area (Å²) in [5.41, 5.74) is 1.59. The molecular formula is C27H34F3N5O8S. The summed E-state index contributed by atoms with van der Waals surface area (Å²) in [5, 5.41) is 26.4. The minimum absolute atomic E-state index is 0.0221. The highest BCUT2D eigenvalue weighted by Gasteiger charge is 2.38. The van der Waals surface area contributed by atoms with Gasteiger partial charge in [0.25, 0.3) is 5.69 Å². The molecule has 0 amide bonds. The summed E-state index contributed by atoms with van der Waals surface area (Å²) in [5.74, 6) is -1.68. The molecule has 0 spiro atoms. The molecule has 1 aromatic heterocycles. The van der Waals surface area contributed by atoms with Crippen molar-refractivity contribution in [2.24, 2.45) is 5.92 Å². The number of rotatable bonds is 14. The average Bonchev–Trinajstić information content (AvgIpc) is 3.37. The van der Waals surface area contributed by atoms with Gasteiger partial charge in [-0.1, -0.05) is 26.0 Å². The van der Waals surface area contributed by atoms with Gasteiger partial charge < -0.3 is 19.9 Å². The van der Waals surface area contributed by atoms with E-state index in [1.165, 1.54) is 19.1 Å². The number of carboxylic acid groups (broad SMARTS) is 1. The van der Waals surface area contributed by atoms with E-state index >= 15 is 0 Å². The largest absolute Gasteiger partial charge is 0.491 e. The number of carbonyl (C=O) groups is 1. The number of nitrogens with zero attached hydrogens (tertiary/aromatic N) is 3. The van der Waals surface area contributed by atoms with Crippen molar-refractivity contribution >= 4 is 27.4 Å². The maximum atomic E-state index is 13.0. The number of anilines is 1. The van der Waals surface area contributed by atoms with Gasteiger partial charge in [0.05, 0.1) is 22.6 Å². The second-order valence-corrected chi connectivity index (χ2v) is 11.5. The molecule has 44 heavy (non-hydrogen) atoms. The van der Waals surface area contributed by atoms with Crippen LogP contribution in [0.2, 0.25) is 0 Å². The van der Waals surface area contributed by atoms with E-state index in [1.807, 2.05) is 10.9 Å². The first-order valence-corrected chi connectivity index (χ1v) is 14.6. The number of aliphatic carboxylic acids is 1. The van der Waals surface area contributed by atoms with Gasteiger partial charge in [-0.2, -0.15) is 18.3 Å². The summed E-state index contributed by atoms with van der Waals surface area (Å²) in [7, 11) is -2.42. The molecule has 0 saturated carbocycles. The molecular weight excluding hydrogens is 611 g/mol. The van der Waals surface area contributed by atoms with Gasteiger partial charge in [-0.15, -0.1) is 0 Å². The molecule has 3 rings (SSSR count). The number of ether oxygens (including phenoxy) is 2. The van der Waals surface area contributed by atoms with E-state index in [9.17, 15) is 31.7 Å². The highest BCUT2D eigenvalue weighted by molar-refractivity contribution is 7.89. The normalized spacial score (nSPS) is 11.5. The van der Waals surface area contributed by atoms with Crippen LogP contribution in [-0.2, 0) is 39.2 Å². The number of nitrogens with one attached hydrogen (secondary N) is 2. The zero-order chi connectivity index (χ0) is 33.1. The maximum Gasteiger partial charge on any atom is 0.490 e. The zero-order valence-corrected chi connectivity index (χ0v) is 25.2. The smallest absolute Gasteiger partial charge is 0.490 e. The summed E-state index contributed by atoms with van der Waals surface area (Å²) in [6.07, 6.45) is -1.50. The van der Waals surface area contributed by atoms with E-state index in [0.717, 1.165) is 12.1 Å². The molecule has 242 valence electrons. The number of carboxylic acids is 1. The Bertz CT molecular complexity index is 1510. The molecule has 0 saturated heterocycles. The molecule has 0 aliphatic rings. The first-order chi connectivity index (χ1) is 20.5. The van der Waals surface area contributed by atoms with Crippen LogP contribution in [0.5, 0.6) is 5.75 Å². The Balaban J connectivity index is 0.000000860. The lowest BCUT2D eigenvalue weighted by Crippen LogP contribution is -2.24. The Morgan fingerprint density at radius 3 is 2.30 bits per heavy atom. The number of aromatic nitrogens is 2. The number of sulfonamides is 1. The Morgan fingerprint density at radius 1 is 1.11 bits per heavy atom. The van der Waals surface area contributed by atoms with Crippen molar-refractivity contribution in [1.82, 2.24) is 14.5 Å². The van der Waals surface area contributed by atoms with E-state index < -0.39 is 27.1 Å². The SMILES string of the molecule is COCCOc1ccc(CNS(=O)(=O)c2ccc(NCc3cnn(CC(C)C)c3)c([N+](=O)[O-])c2C)cc1.O=C(O)C(F)(F)F. The van der Waals surface area contributed by atoms with Crippen molar-refractivity contribution < 1.29 is 45.9 Å². The van der Waals surface area contributed by atoms with Gasteiger partial charge >= 0.3 is 12.1 Å². The lowest BCUT2D eigenvalue weighted by Gasteiger charge is -2.13. The molecule has 17 heteroatoms. The van der Waals surface area contributed by atoms with E-state index in [0.29, 0.717) is 37.0 Å². The van der Waals surface area contributed by atoms with E-state index in [4.69, 9.17) is 19.4 Å². The van der Waals surface area contributed by atoms with Crippen molar-refractivity contribution in [3.63, 3.8) is 0 Å². The van der Waals surface area contributed by atoms with Crippen LogP contribution < -0.4 is 14.8 Å². The molecule has 0 bridgehead atoms. The molecule has 3 N–H and O–H groups in total. The Morgan fingerprint density at radius 2 is 1.75 bits per heavy atom. The Hall–Kier alpha value is -4.22. The topological polar surface area (TPSA) is 175 Å². The monoisotopic (exact) mass is 645 g/mol. The number of hydrogen-bond donors (Lipinski definition) is 3. The molecule has 3 aromatic rings. The van der Waals surface area contributed by atoms with Gasteiger partial charge in [-0.3, -0.25) is 14.8 Å². The van der Waals surface area contributed by atoms with Crippen molar-refractivity contribution in [3.05, 3.63) is 75.6 Å². The molecule has 0 fully saturated rings. The maximum absolute atomic E-state index is 13.0. The van der Waals surface area contributed by atoms with Crippen LogP contribution in [0.4, 0.5) is 24.5 Å². The van der Waals surface area contributed by atoms with Gasteiger partial charge in [0.2, 0.25) is 10.0 Å². The van der Waals surface area contributed by atoms with Crippen molar-refractivity contribution in [2.75, 3.05) is 25.6 Å². The summed E-state index contributed by atoms with van der Waals surface area (Å²) in [6, 6.07) is 9.77. The fraction of sp³-hybridized carbons (Fsp3) is 0.407. The first kappa shape index (κ1) is 36.0. The molecule has 0 aliphatic heterocycles. The number of halogens is 3. The van der Waals surface area contributed by atoms with E-state index in [-0.39, 0.29) is 28.4 Å². The third-order valence-corrected chi connectivity index (χ3v) is 7.31. The summed E-state index contributed by atoms with van der Waals surface area (Å²) in [6.45, 7) is 7.59. The van der Waals surface area contributed by atoms with Crippen LogP contribution in [0.1, 0.15) is 30.5 Å². The standard InChI is InChI=1S/C25H33N5O6S.C2HF3O2/c1-18(2)16-29-17-21(14-27-29)13-26-23-9-10-24(19(3)25(23)30(31)32)37(33,34)28-15-20-5-7-22(8-6-20)36-12-11-35-4;3-2(4,5)1(6)7/h5-10,14,17-18,26,28H,11-13,15-16H2,1-4H3;(H,6,7). The number of nitro benzene ring substituents is 1. The minimum Gasteiger partial charge on any atom is -0.491 e. The Labute approximate surface area is 252 Å². The van der Waals surface area contributed by atoms with Gasteiger partial charge in [0.15, 0.2) is 0 Å². The molecule has 0 atom stereocenters. The summed E-state index contributed by atoms with van der Waals surface area (Å²) < 4.78 is 72.6. The number of methoxy groups -OCH3 is 1. The van der Waals surface area contributed by atoms with Crippen LogP contribution in [0.3, 0.4) is 0 Å². The van der Waals surface area contributed by atoms with Crippen molar-refractivity contribution in [2.45, 2.75) is 51.5 Å². The van der Waals surface area contributed by atoms with Crippen LogP contribution in [0.15, 0.2) is 53.7 Å². The number of benzene rings is 2. The predicted molar refractivity (Wildman–Crippen MR) is 154 cm³/mol. The van der Waals surface area contributed by atoms with Gasteiger partial charge in [-0.25, -0.2) is 17.9 Å². The van der Waals surface area contributed by atoms with Crippen LogP contribution in [-0.4, -0.2) is 60.7 Å². The van der Waals surface area contributed by atoms with Gasteiger partial charge in [0.1, 0.15) is 18.0 Å². The quantitative estimate of drug-likeness (QED) is 0.129. The number of hydrogen-bond acceptors (Lipinski definition) is 9. The molecule has 0 radical (unpaired) electrons. The molecule has 2 aromatic carbocycles. The molecule has 13 nitrogen and oxygen atoms in total. The average molecular weight is 646 g/mol. The fourth-order valence-corrected chi connectivity index (χ4v) is 4.98. The van der Waals surface area contributed by atoms with Crippen LogP contribution in [0, 0.1) is 23.0 Å². The fourth-order valence-electron chi connectivity index (χ4n) is 3.72. The third-order valence-electron chi connectivity index (χ3n) is 5.76. The number of nitro groups is 1. The molecule has 0 unspecified atom stereocenters. The highest BCUT2D eigenvalue weighted by Crippen LogP contribution is 2.33. The summed E-state index contributed by atoms with van der Waals surface area (Å²) in [4.78, 5) is 20.1. The minimum atomic E-state index is -5.08. The zero-order valence-electron chi connectivity index (χ0n) is 24.4. The van der Waals surface area contributed by atoms with E-state index in [1.54, 1.807) is 37.6 Å². The molecule has 0 aliphatic carbocycles. The second-order valence-electron chi connectivity index (χ2n) is 9.77. The lowest BCUT2D eigenvalue weighted by atomic mass is 10.1.